The van der Waals surface area contributed by atoms with Gasteiger partial charge in [0.25, 0.3) is 5.91 Å². The predicted octanol–water partition coefficient (Wildman–Crippen LogP) is 0.804. The van der Waals surface area contributed by atoms with E-state index in [-0.39, 0.29) is 29.3 Å². The number of hydrogen-bond acceptors (Lipinski definition) is 4. The molecule has 3 heterocycles. The average Bonchev–Trinajstić information content (AvgIpc) is 3.19. The quantitative estimate of drug-likeness (QED) is 0.480. The molecule has 1 saturated heterocycles. The maximum absolute atomic E-state index is 13.0. The van der Waals surface area contributed by atoms with Crippen molar-refractivity contribution in [2.24, 2.45) is 5.92 Å². The van der Waals surface area contributed by atoms with Crippen LogP contribution in [0.15, 0.2) is 17.1 Å². The summed E-state index contributed by atoms with van der Waals surface area (Å²) in [4.78, 5) is 39.8. The van der Waals surface area contributed by atoms with Crippen molar-refractivity contribution < 1.29 is 19.3 Å². The van der Waals surface area contributed by atoms with Crippen LogP contribution < -0.4 is 15.4 Å². The number of likely N-dealkylation sites (tertiary alicyclic amines) is 1. The topological polar surface area (TPSA) is 111 Å². The molecule has 0 aromatic carbocycles. The Hall–Kier alpha value is -3.10. The van der Waals surface area contributed by atoms with Gasteiger partial charge in [-0.2, -0.15) is 4.57 Å². The third-order valence-corrected chi connectivity index (χ3v) is 5.48. The summed E-state index contributed by atoms with van der Waals surface area (Å²) in [6.07, 6.45) is 8.51. The SMILES string of the molecule is CC(C)C[n+]1c(O)c(C(=O)NC2CC2)c(=O)n2[nH]cc(/C=C/C(=O)N3CCCC3)c21. The van der Waals surface area contributed by atoms with Crippen LogP contribution in [0.4, 0.5) is 0 Å². The summed E-state index contributed by atoms with van der Waals surface area (Å²) >= 11 is 0. The van der Waals surface area contributed by atoms with Gasteiger partial charge in [0, 0.05) is 25.2 Å². The van der Waals surface area contributed by atoms with Crippen LogP contribution in [-0.2, 0) is 11.3 Å². The van der Waals surface area contributed by atoms with Crippen molar-refractivity contribution in [3.8, 4) is 5.88 Å². The van der Waals surface area contributed by atoms with Gasteiger partial charge in [-0.15, -0.1) is 0 Å². The molecular formula is C21H28N5O4+. The monoisotopic (exact) mass is 414 g/mol. The van der Waals surface area contributed by atoms with Gasteiger partial charge in [-0.25, -0.2) is 9.89 Å². The smallest absolute Gasteiger partial charge is 0.378 e. The fourth-order valence-electron chi connectivity index (χ4n) is 3.81. The van der Waals surface area contributed by atoms with E-state index in [1.807, 2.05) is 13.8 Å². The van der Waals surface area contributed by atoms with Crippen molar-refractivity contribution in [3.05, 3.63) is 33.8 Å². The third-order valence-electron chi connectivity index (χ3n) is 5.48. The lowest BCUT2D eigenvalue weighted by atomic mass is 10.2. The van der Waals surface area contributed by atoms with E-state index in [2.05, 4.69) is 10.4 Å². The second kappa shape index (κ2) is 7.97. The minimum absolute atomic E-state index is 0.0641. The molecule has 4 rings (SSSR count). The van der Waals surface area contributed by atoms with Crippen LogP contribution in [0.25, 0.3) is 11.7 Å². The number of rotatable bonds is 6. The molecule has 2 aromatic rings. The summed E-state index contributed by atoms with van der Waals surface area (Å²) in [5.74, 6) is -0.844. The highest BCUT2D eigenvalue weighted by Gasteiger charge is 2.34. The number of H-pyrrole nitrogens is 1. The largest absolute Gasteiger partial charge is 0.477 e. The van der Waals surface area contributed by atoms with Crippen LogP contribution in [-0.4, -0.2) is 50.6 Å². The van der Waals surface area contributed by atoms with E-state index in [1.54, 1.807) is 21.7 Å². The fraction of sp³-hybridized carbons (Fsp3) is 0.524. The van der Waals surface area contributed by atoms with Crippen LogP contribution >= 0.6 is 0 Å². The lowest BCUT2D eigenvalue weighted by Gasteiger charge is -2.11. The molecule has 160 valence electrons. The summed E-state index contributed by atoms with van der Waals surface area (Å²) in [5.41, 5.74) is 0.112. The number of aromatic hydroxyl groups is 1. The number of nitrogens with one attached hydrogen (secondary N) is 2. The molecule has 2 aromatic heterocycles. The highest BCUT2D eigenvalue weighted by molar-refractivity contribution is 5.96. The van der Waals surface area contributed by atoms with E-state index in [1.165, 1.54) is 10.6 Å². The van der Waals surface area contributed by atoms with Gasteiger partial charge in [0.2, 0.25) is 11.5 Å². The second-order valence-electron chi connectivity index (χ2n) is 8.51. The number of aromatic nitrogens is 3. The van der Waals surface area contributed by atoms with E-state index < -0.39 is 11.5 Å². The van der Waals surface area contributed by atoms with Gasteiger partial charge in [0.05, 0.1) is 18.3 Å². The molecule has 9 heteroatoms. The Balaban J connectivity index is 1.78. The van der Waals surface area contributed by atoms with Crippen molar-refractivity contribution in [2.45, 2.75) is 52.1 Å². The molecular weight excluding hydrogens is 386 g/mol. The molecule has 0 radical (unpaired) electrons. The zero-order valence-electron chi connectivity index (χ0n) is 17.4. The predicted molar refractivity (Wildman–Crippen MR) is 110 cm³/mol. The number of amides is 2. The van der Waals surface area contributed by atoms with Crippen LogP contribution in [0.1, 0.15) is 55.5 Å². The van der Waals surface area contributed by atoms with E-state index in [0.29, 0.717) is 17.8 Å². The number of hydrogen-bond donors (Lipinski definition) is 3. The van der Waals surface area contributed by atoms with Gasteiger partial charge in [-0.3, -0.25) is 9.59 Å². The minimum Gasteiger partial charge on any atom is -0.477 e. The van der Waals surface area contributed by atoms with Gasteiger partial charge in [-0.1, -0.05) is 18.4 Å². The Morgan fingerprint density at radius 3 is 2.67 bits per heavy atom. The van der Waals surface area contributed by atoms with Gasteiger partial charge in [0.1, 0.15) is 0 Å². The molecule has 0 spiro atoms. The van der Waals surface area contributed by atoms with Crippen LogP contribution in [0.5, 0.6) is 5.88 Å². The molecule has 0 bridgehead atoms. The number of nitrogens with zero attached hydrogens (tertiary/aromatic N) is 3. The molecule has 3 N–H and O–H groups in total. The second-order valence-corrected chi connectivity index (χ2v) is 8.51. The maximum Gasteiger partial charge on any atom is 0.378 e. The standard InChI is InChI=1S/C21H27N5O4/c1-13(2)12-25-19-14(5-8-16(27)24-9-3-4-10-24)11-22-26(19)21(30)17(20(25)29)18(28)23-15-6-7-15/h5,8,11,13,15H,3-4,6-7,9-10,12H2,1-2H3,(H2,23,28,29,30)/p+1/b8-5+. The molecule has 30 heavy (non-hydrogen) atoms. The van der Waals surface area contributed by atoms with Crippen molar-refractivity contribution in [1.82, 2.24) is 19.8 Å². The molecule has 1 aliphatic carbocycles. The molecule has 9 nitrogen and oxygen atoms in total. The van der Waals surface area contributed by atoms with Crippen molar-refractivity contribution in [1.29, 1.82) is 0 Å². The van der Waals surface area contributed by atoms with Gasteiger partial charge >= 0.3 is 17.1 Å². The fourth-order valence-corrected chi connectivity index (χ4v) is 3.81. The van der Waals surface area contributed by atoms with E-state index in [0.717, 1.165) is 38.8 Å². The molecule has 2 amide bonds. The Morgan fingerprint density at radius 2 is 2.03 bits per heavy atom. The molecule has 0 atom stereocenters. The summed E-state index contributed by atoms with van der Waals surface area (Å²) in [7, 11) is 0. The zero-order chi connectivity index (χ0) is 21.4. The van der Waals surface area contributed by atoms with Gasteiger partial charge in [0.15, 0.2) is 0 Å². The zero-order valence-corrected chi connectivity index (χ0v) is 17.4. The highest BCUT2D eigenvalue weighted by Crippen LogP contribution is 2.21. The molecule has 1 saturated carbocycles. The summed E-state index contributed by atoms with van der Waals surface area (Å²) in [5, 5.41) is 16.5. The average molecular weight is 414 g/mol. The maximum atomic E-state index is 13.0. The molecule has 0 unspecified atom stereocenters. The highest BCUT2D eigenvalue weighted by atomic mass is 16.3. The van der Waals surface area contributed by atoms with Crippen LogP contribution in [0, 0.1) is 5.92 Å². The van der Waals surface area contributed by atoms with Gasteiger partial charge < -0.3 is 15.3 Å². The van der Waals surface area contributed by atoms with Crippen LogP contribution in [0.3, 0.4) is 0 Å². The third kappa shape index (κ3) is 3.83. The number of fused-ring (bicyclic) bond motifs is 1. The summed E-state index contributed by atoms with van der Waals surface area (Å²) in [6.45, 7) is 5.88. The lowest BCUT2D eigenvalue weighted by Crippen LogP contribution is -2.46. The number of carbonyl (C=O) groups excluding carboxylic acids is 2. The molecule has 2 fully saturated rings. The van der Waals surface area contributed by atoms with Crippen LogP contribution in [0.2, 0.25) is 0 Å². The minimum atomic E-state index is -0.619. The first-order valence-electron chi connectivity index (χ1n) is 10.5. The van der Waals surface area contributed by atoms with E-state index in [9.17, 15) is 19.5 Å². The first-order valence-corrected chi connectivity index (χ1v) is 10.5. The Labute approximate surface area is 174 Å². The summed E-state index contributed by atoms with van der Waals surface area (Å²) < 4.78 is 2.81. The molecule has 2 aliphatic rings. The molecule has 1 aliphatic heterocycles. The van der Waals surface area contributed by atoms with Crippen molar-refractivity contribution in [3.63, 3.8) is 0 Å². The number of aromatic amines is 1. The van der Waals surface area contributed by atoms with Crippen molar-refractivity contribution >= 4 is 23.5 Å². The number of carbonyl (C=O) groups is 2. The normalized spacial score (nSPS) is 16.8. The summed E-state index contributed by atoms with van der Waals surface area (Å²) in [6, 6.07) is 0.0641. The first kappa shape index (κ1) is 20.2. The Morgan fingerprint density at radius 1 is 1.33 bits per heavy atom. The van der Waals surface area contributed by atoms with E-state index in [4.69, 9.17) is 0 Å². The lowest BCUT2D eigenvalue weighted by molar-refractivity contribution is -0.686. The van der Waals surface area contributed by atoms with E-state index >= 15 is 0 Å². The first-order chi connectivity index (χ1) is 14.4. The Kier molecular flexibility index (Phi) is 5.36. The van der Waals surface area contributed by atoms with Gasteiger partial charge in [-0.05, 0) is 37.7 Å². The Bertz CT molecular complexity index is 1070. The van der Waals surface area contributed by atoms with Crippen molar-refractivity contribution in [2.75, 3.05) is 13.1 Å².